The summed E-state index contributed by atoms with van der Waals surface area (Å²) < 4.78 is 16.5. The molecule has 0 fully saturated rings. The van der Waals surface area contributed by atoms with Crippen LogP contribution in [0.3, 0.4) is 0 Å². The molecule has 36 heavy (non-hydrogen) atoms. The Morgan fingerprint density at radius 2 is 1.72 bits per heavy atom. The van der Waals surface area contributed by atoms with Gasteiger partial charge in [0.2, 0.25) is 6.79 Å². The molecule has 3 N–H and O–H groups in total. The first-order valence-electron chi connectivity index (χ1n) is 11.6. The number of hydrogen-bond donors (Lipinski definition) is 3. The molecule has 0 saturated heterocycles. The van der Waals surface area contributed by atoms with Crippen LogP contribution in [-0.2, 0) is 13.2 Å². The molecule has 0 bridgehead atoms. The molecule has 0 unspecified atom stereocenters. The van der Waals surface area contributed by atoms with Gasteiger partial charge in [-0.05, 0) is 61.6 Å². The predicted octanol–water partition coefficient (Wildman–Crippen LogP) is 3.61. The molecule has 1 heterocycles. The summed E-state index contributed by atoms with van der Waals surface area (Å²) in [5, 5.41) is 8.55. The minimum Gasteiger partial charge on any atom is -0.489 e. The summed E-state index contributed by atoms with van der Waals surface area (Å²) in [4.78, 5) is 26.8. The van der Waals surface area contributed by atoms with Crippen LogP contribution in [0.25, 0.3) is 0 Å². The molecule has 3 aromatic rings. The van der Waals surface area contributed by atoms with Crippen molar-refractivity contribution in [3.63, 3.8) is 0 Å². The van der Waals surface area contributed by atoms with E-state index in [4.69, 9.17) is 14.2 Å². The number of carbonyl (C=O) groups excluding carboxylic acids is 2. The summed E-state index contributed by atoms with van der Waals surface area (Å²) in [6.45, 7) is 2.17. The van der Waals surface area contributed by atoms with Crippen molar-refractivity contribution in [3.8, 4) is 17.2 Å². The molecule has 9 nitrogen and oxygen atoms in total. The van der Waals surface area contributed by atoms with Crippen LogP contribution in [0.2, 0.25) is 0 Å². The smallest absolute Gasteiger partial charge is 0.319 e. The zero-order valence-electron chi connectivity index (χ0n) is 20.4. The van der Waals surface area contributed by atoms with E-state index in [-0.39, 0.29) is 25.3 Å². The van der Waals surface area contributed by atoms with Gasteiger partial charge < -0.3 is 35.1 Å². The van der Waals surface area contributed by atoms with Crippen LogP contribution in [0.5, 0.6) is 17.2 Å². The molecule has 188 valence electrons. The second kappa shape index (κ2) is 11.9. The summed E-state index contributed by atoms with van der Waals surface area (Å²) in [6, 6.07) is 19.7. The third-order valence-electron chi connectivity index (χ3n) is 5.42. The number of rotatable bonds is 10. The lowest BCUT2D eigenvalue weighted by molar-refractivity contribution is 0.0951. The number of urea groups is 1. The number of likely N-dealkylation sites (N-methyl/N-ethyl adjacent to an activating group) is 1. The Kier molecular flexibility index (Phi) is 8.25. The number of nitrogens with one attached hydrogen (secondary N) is 3. The minimum absolute atomic E-state index is 0.136. The highest BCUT2D eigenvalue weighted by atomic mass is 16.7. The van der Waals surface area contributed by atoms with Crippen molar-refractivity contribution in [1.82, 2.24) is 15.5 Å². The molecule has 1 aliphatic rings. The molecule has 9 heteroatoms. The van der Waals surface area contributed by atoms with Crippen LogP contribution in [-0.4, -0.2) is 50.8 Å². The second-order valence-electron chi connectivity index (χ2n) is 8.57. The number of carbonyl (C=O) groups is 2. The van der Waals surface area contributed by atoms with Gasteiger partial charge >= 0.3 is 6.03 Å². The highest BCUT2D eigenvalue weighted by molar-refractivity contribution is 5.94. The normalized spacial score (nSPS) is 11.8. The molecule has 3 aromatic carbocycles. The highest BCUT2D eigenvalue weighted by Gasteiger charge is 2.14. The average Bonchev–Trinajstić information content (AvgIpc) is 3.34. The van der Waals surface area contributed by atoms with E-state index in [1.54, 1.807) is 24.3 Å². The number of anilines is 1. The lowest BCUT2D eigenvalue weighted by Gasteiger charge is -2.12. The van der Waals surface area contributed by atoms with Crippen molar-refractivity contribution in [2.75, 3.05) is 39.3 Å². The standard InChI is InChI=1S/C27H30N4O5/c1-31(2)12-11-28-26(32)21-7-3-5-19(13-21)16-29-27(33)30-22-8-4-6-20(14-22)17-34-23-9-10-24-25(15-23)36-18-35-24/h3-10,13-15H,11-12,16-18H2,1-2H3,(H,28,32)(H2,29,30,33). The van der Waals surface area contributed by atoms with Gasteiger partial charge in [-0.25, -0.2) is 4.79 Å². The number of nitrogens with zero attached hydrogens (tertiary/aromatic N) is 1. The fraction of sp³-hybridized carbons (Fsp3) is 0.259. The minimum atomic E-state index is -0.343. The molecule has 3 amide bonds. The maximum absolute atomic E-state index is 12.4. The lowest BCUT2D eigenvalue weighted by Crippen LogP contribution is -2.31. The van der Waals surface area contributed by atoms with E-state index in [0.29, 0.717) is 41.7 Å². The Morgan fingerprint density at radius 3 is 2.58 bits per heavy atom. The van der Waals surface area contributed by atoms with Crippen molar-refractivity contribution < 1.29 is 23.8 Å². The van der Waals surface area contributed by atoms with Gasteiger partial charge in [0.25, 0.3) is 5.91 Å². The zero-order valence-corrected chi connectivity index (χ0v) is 20.4. The van der Waals surface area contributed by atoms with E-state index >= 15 is 0 Å². The zero-order chi connectivity index (χ0) is 25.3. The van der Waals surface area contributed by atoms with Crippen molar-refractivity contribution in [3.05, 3.63) is 83.4 Å². The Hall–Kier alpha value is -4.24. The van der Waals surface area contributed by atoms with Gasteiger partial charge in [0.05, 0.1) is 0 Å². The Bertz CT molecular complexity index is 1210. The van der Waals surface area contributed by atoms with E-state index in [2.05, 4.69) is 16.0 Å². The van der Waals surface area contributed by atoms with E-state index in [9.17, 15) is 9.59 Å². The molecule has 0 atom stereocenters. The maximum atomic E-state index is 12.4. The van der Waals surface area contributed by atoms with Gasteiger partial charge in [-0.15, -0.1) is 0 Å². The van der Waals surface area contributed by atoms with E-state index in [1.165, 1.54) is 0 Å². The second-order valence-corrected chi connectivity index (χ2v) is 8.57. The molecular formula is C27H30N4O5. The number of benzene rings is 3. The van der Waals surface area contributed by atoms with Gasteiger partial charge in [0, 0.05) is 37.0 Å². The summed E-state index contributed by atoms with van der Waals surface area (Å²) in [7, 11) is 3.91. The summed E-state index contributed by atoms with van der Waals surface area (Å²) in [5.74, 6) is 1.90. The average molecular weight is 491 g/mol. The monoisotopic (exact) mass is 490 g/mol. The van der Waals surface area contributed by atoms with Crippen LogP contribution in [0.15, 0.2) is 66.7 Å². The fourth-order valence-corrected chi connectivity index (χ4v) is 3.55. The molecule has 1 aliphatic heterocycles. The summed E-state index contributed by atoms with van der Waals surface area (Å²) in [6.07, 6.45) is 0. The van der Waals surface area contributed by atoms with Crippen molar-refractivity contribution >= 4 is 17.6 Å². The third kappa shape index (κ3) is 7.13. The third-order valence-corrected chi connectivity index (χ3v) is 5.42. The largest absolute Gasteiger partial charge is 0.489 e. The molecule has 0 radical (unpaired) electrons. The lowest BCUT2D eigenvalue weighted by atomic mass is 10.1. The summed E-state index contributed by atoms with van der Waals surface area (Å²) in [5.41, 5.74) is 2.94. The number of fused-ring (bicyclic) bond motifs is 1. The molecular weight excluding hydrogens is 460 g/mol. The predicted molar refractivity (Wildman–Crippen MR) is 137 cm³/mol. The van der Waals surface area contributed by atoms with Gasteiger partial charge in [0.1, 0.15) is 12.4 Å². The Morgan fingerprint density at radius 1 is 0.917 bits per heavy atom. The van der Waals surface area contributed by atoms with Crippen LogP contribution >= 0.6 is 0 Å². The molecule has 4 rings (SSSR count). The van der Waals surface area contributed by atoms with Crippen molar-refractivity contribution in [2.45, 2.75) is 13.2 Å². The highest BCUT2D eigenvalue weighted by Crippen LogP contribution is 2.35. The van der Waals surface area contributed by atoms with Crippen molar-refractivity contribution in [2.24, 2.45) is 0 Å². The molecule has 0 spiro atoms. The number of amides is 3. The molecule has 0 saturated carbocycles. The first-order valence-corrected chi connectivity index (χ1v) is 11.6. The maximum Gasteiger partial charge on any atom is 0.319 e. The van der Waals surface area contributed by atoms with E-state index < -0.39 is 0 Å². The van der Waals surface area contributed by atoms with Crippen LogP contribution in [0, 0.1) is 0 Å². The van der Waals surface area contributed by atoms with Gasteiger partial charge in [0.15, 0.2) is 11.5 Å². The van der Waals surface area contributed by atoms with Gasteiger partial charge in [-0.3, -0.25) is 4.79 Å². The number of hydrogen-bond acceptors (Lipinski definition) is 6. The SMILES string of the molecule is CN(C)CCNC(=O)c1cccc(CNC(=O)Nc2cccc(COc3ccc4c(c3)OCO4)c2)c1. The topological polar surface area (TPSA) is 101 Å². The Labute approximate surface area is 210 Å². The van der Waals surface area contributed by atoms with Crippen LogP contribution in [0.1, 0.15) is 21.5 Å². The molecule has 0 aliphatic carbocycles. The first-order chi connectivity index (χ1) is 17.5. The van der Waals surface area contributed by atoms with Crippen LogP contribution < -0.4 is 30.2 Å². The molecule has 0 aromatic heterocycles. The quantitative estimate of drug-likeness (QED) is 0.402. The van der Waals surface area contributed by atoms with E-state index in [0.717, 1.165) is 17.7 Å². The van der Waals surface area contributed by atoms with Crippen LogP contribution in [0.4, 0.5) is 10.5 Å². The summed E-state index contributed by atoms with van der Waals surface area (Å²) >= 11 is 0. The van der Waals surface area contributed by atoms with E-state index in [1.807, 2.05) is 61.5 Å². The van der Waals surface area contributed by atoms with Gasteiger partial charge in [-0.2, -0.15) is 0 Å². The fourth-order valence-electron chi connectivity index (χ4n) is 3.55. The first kappa shape index (κ1) is 24.9. The van der Waals surface area contributed by atoms with Gasteiger partial charge in [-0.1, -0.05) is 24.3 Å². The Balaban J connectivity index is 1.25. The number of ether oxygens (including phenoxy) is 3. The van der Waals surface area contributed by atoms with Crippen molar-refractivity contribution in [1.29, 1.82) is 0 Å².